The largest absolute Gasteiger partial charge is 0.394 e. The van der Waals surface area contributed by atoms with Gasteiger partial charge in [-0.2, -0.15) is 0 Å². The van der Waals surface area contributed by atoms with Crippen LogP contribution in [-0.4, -0.2) is 30.7 Å². The minimum Gasteiger partial charge on any atom is -0.394 e. The summed E-state index contributed by atoms with van der Waals surface area (Å²) in [7, 11) is -3.89. The van der Waals surface area contributed by atoms with Crippen molar-refractivity contribution in [2.45, 2.75) is 43.0 Å². The fourth-order valence-electron chi connectivity index (χ4n) is 2.81. The second-order valence-electron chi connectivity index (χ2n) is 5.58. The van der Waals surface area contributed by atoms with E-state index in [-0.39, 0.29) is 11.5 Å². The van der Waals surface area contributed by atoms with Crippen molar-refractivity contribution in [1.82, 2.24) is 9.71 Å². The highest BCUT2D eigenvalue weighted by molar-refractivity contribution is 7.89. The highest BCUT2D eigenvalue weighted by atomic mass is 32.2. The Labute approximate surface area is 118 Å². The molecule has 1 aromatic heterocycles. The summed E-state index contributed by atoms with van der Waals surface area (Å²) in [6.45, 7) is 1.76. The van der Waals surface area contributed by atoms with Crippen LogP contribution in [0.15, 0.2) is 23.4 Å². The molecule has 0 aliphatic heterocycles. The molecule has 1 aromatic rings. The third-order valence-corrected chi connectivity index (χ3v) is 5.28. The molecule has 0 saturated heterocycles. The van der Waals surface area contributed by atoms with Gasteiger partial charge in [0.2, 0.25) is 10.0 Å². The number of aliphatic hydroxyl groups is 1. The van der Waals surface area contributed by atoms with E-state index >= 15 is 0 Å². The van der Waals surface area contributed by atoms with Crippen molar-refractivity contribution >= 4 is 10.0 Å². The van der Waals surface area contributed by atoms with E-state index in [0.29, 0.717) is 18.8 Å². The van der Waals surface area contributed by atoms with Crippen LogP contribution in [0.5, 0.6) is 0 Å². The summed E-state index contributed by atoms with van der Waals surface area (Å²) in [5.74, 6) is -0.368. The van der Waals surface area contributed by atoms with Gasteiger partial charge in [-0.3, -0.25) is 4.98 Å². The zero-order valence-corrected chi connectivity index (χ0v) is 12.2. The van der Waals surface area contributed by atoms with Gasteiger partial charge in [0.1, 0.15) is 10.7 Å². The van der Waals surface area contributed by atoms with Gasteiger partial charge >= 0.3 is 0 Å². The molecular weight excluding hydrogens is 283 g/mol. The van der Waals surface area contributed by atoms with Crippen molar-refractivity contribution in [3.05, 3.63) is 24.3 Å². The van der Waals surface area contributed by atoms with E-state index < -0.39 is 21.4 Å². The zero-order chi connectivity index (χ0) is 14.8. The van der Waals surface area contributed by atoms with Gasteiger partial charge in [0.05, 0.1) is 18.3 Å². The molecule has 0 aromatic carbocycles. The summed E-state index contributed by atoms with van der Waals surface area (Å²) in [6.07, 6.45) is 5.07. The third kappa shape index (κ3) is 3.34. The molecule has 7 heteroatoms. The number of sulfonamides is 1. The standard InChI is InChI=1S/C13H19FN2O3S/c1-10-3-2-4-13(6-10,9-17)16-20(18,19)12-5-11(14)7-15-8-12/h5,7-8,10,16-17H,2-4,6,9H2,1H3. The lowest BCUT2D eigenvalue weighted by atomic mass is 9.78. The molecule has 112 valence electrons. The highest BCUT2D eigenvalue weighted by Crippen LogP contribution is 2.33. The first kappa shape index (κ1) is 15.3. The molecule has 2 N–H and O–H groups in total. The summed E-state index contributed by atoms with van der Waals surface area (Å²) in [5.41, 5.74) is -0.858. The average molecular weight is 302 g/mol. The predicted molar refractivity (Wildman–Crippen MR) is 72.0 cm³/mol. The van der Waals surface area contributed by atoms with Gasteiger partial charge in [0, 0.05) is 6.20 Å². The molecule has 1 fully saturated rings. The van der Waals surface area contributed by atoms with E-state index in [1.807, 2.05) is 6.92 Å². The van der Waals surface area contributed by atoms with E-state index in [1.54, 1.807) is 0 Å². The Bertz CT molecular complexity index is 579. The molecule has 2 unspecified atom stereocenters. The molecule has 1 saturated carbocycles. The van der Waals surface area contributed by atoms with Crippen LogP contribution in [0, 0.1) is 11.7 Å². The van der Waals surface area contributed by atoms with Crippen molar-refractivity contribution in [2.24, 2.45) is 5.92 Å². The number of hydrogen-bond donors (Lipinski definition) is 2. The minimum atomic E-state index is -3.89. The number of nitrogens with zero attached hydrogens (tertiary/aromatic N) is 1. The fourth-order valence-corrected chi connectivity index (χ4v) is 4.22. The van der Waals surface area contributed by atoms with Gasteiger partial charge in [0.15, 0.2) is 0 Å². The zero-order valence-electron chi connectivity index (χ0n) is 11.3. The van der Waals surface area contributed by atoms with Gasteiger partial charge in [-0.15, -0.1) is 0 Å². The van der Waals surface area contributed by atoms with E-state index in [9.17, 15) is 17.9 Å². The maximum atomic E-state index is 13.1. The summed E-state index contributed by atoms with van der Waals surface area (Å²) in [4.78, 5) is 3.33. The van der Waals surface area contributed by atoms with Crippen LogP contribution in [0.1, 0.15) is 32.6 Å². The quantitative estimate of drug-likeness (QED) is 0.882. The molecule has 5 nitrogen and oxygen atoms in total. The Morgan fingerprint density at radius 2 is 2.30 bits per heavy atom. The maximum absolute atomic E-state index is 13.1. The number of hydrogen-bond acceptors (Lipinski definition) is 4. The van der Waals surface area contributed by atoms with Crippen LogP contribution in [-0.2, 0) is 10.0 Å². The molecule has 20 heavy (non-hydrogen) atoms. The van der Waals surface area contributed by atoms with Crippen molar-refractivity contribution in [3.63, 3.8) is 0 Å². The Morgan fingerprint density at radius 1 is 1.55 bits per heavy atom. The van der Waals surface area contributed by atoms with Crippen molar-refractivity contribution < 1.29 is 17.9 Å². The fraction of sp³-hybridized carbons (Fsp3) is 0.615. The summed E-state index contributed by atoms with van der Waals surface area (Å²) < 4.78 is 40.2. The van der Waals surface area contributed by atoms with E-state index in [1.165, 1.54) is 0 Å². The number of aromatic nitrogens is 1. The molecule has 1 aliphatic carbocycles. The summed E-state index contributed by atoms with van der Waals surface area (Å²) in [6, 6.07) is 0.923. The molecule has 0 spiro atoms. The van der Waals surface area contributed by atoms with E-state index in [4.69, 9.17) is 0 Å². The van der Waals surface area contributed by atoms with Crippen molar-refractivity contribution in [1.29, 1.82) is 0 Å². The lowest BCUT2D eigenvalue weighted by Crippen LogP contribution is -2.53. The van der Waals surface area contributed by atoms with Crippen molar-refractivity contribution in [3.8, 4) is 0 Å². The molecule has 2 atom stereocenters. The SMILES string of the molecule is CC1CCCC(CO)(NS(=O)(=O)c2cncc(F)c2)C1. The monoisotopic (exact) mass is 302 g/mol. The number of aliphatic hydroxyl groups excluding tert-OH is 1. The van der Waals surface area contributed by atoms with Gasteiger partial charge in [0.25, 0.3) is 0 Å². The highest BCUT2D eigenvalue weighted by Gasteiger charge is 2.38. The van der Waals surface area contributed by atoms with Crippen LogP contribution in [0.2, 0.25) is 0 Å². The molecule has 1 heterocycles. The molecule has 0 bridgehead atoms. The molecule has 2 rings (SSSR count). The van der Waals surface area contributed by atoms with Gasteiger partial charge in [-0.05, 0) is 24.8 Å². The minimum absolute atomic E-state index is 0.219. The van der Waals surface area contributed by atoms with E-state index in [0.717, 1.165) is 31.3 Å². The molecule has 1 aliphatic rings. The van der Waals surface area contributed by atoms with Crippen molar-refractivity contribution in [2.75, 3.05) is 6.61 Å². The summed E-state index contributed by atoms with van der Waals surface area (Å²) in [5, 5.41) is 9.61. The maximum Gasteiger partial charge on any atom is 0.242 e. The lowest BCUT2D eigenvalue weighted by molar-refractivity contribution is 0.119. The molecule has 0 amide bonds. The summed E-state index contributed by atoms with van der Waals surface area (Å²) >= 11 is 0. The lowest BCUT2D eigenvalue weighted by Gasteiger charge is -2.38. The average Bonchev–Trinajstić information content (AvgIpc) is 2.38. The van der Waals surface area contributed by atoms with Crippen LogP contribution >= 0.6 is 0 Å². The first-order valence-corrected chi connectivity index (χ1v) is 8.11. The Balaban J connectivity index is 2.26. The smallest absolute Gasteiger partial charge is 0.242 e. The first-order chi connectivity index (χ1) is 9.37. The molecule has 0 radical (unpaired) electrons. The predicted octanol–water partition coefficient (Wildman–Crippen LogP) is 1.44. The van der Waals surface area contributed by atoms with Gasteiger partial charge < -0.3 is 5.11 Å². The Morgan fingerprint density at radius 3 is 2.90 bits per heavy atom. The Hall–Kier alpha value is -1.05. The number of nitrogens with one attached hydrogen (secondary N) is 1. The van der Waals surface area contributed by atoms with E-state index in [2.05, 4.69) is 9.71 Å². The van der Waals surface area contributed by atoms with Crippen LogP contribution < -0.4 is 4.72 Å². The second kappa shape index (κ2) is 5.75. The number of halogens is 1. The van der Waals surface area contributed by atoms with Crippen LogP contribution in [0.4, 0.5) is 4.39 Å². The van der Waals surface area contributed by atoms with Crippen LogP contribution in [0.25, 0.3) is 0 Å². The van der Waals surface area contributed by atoms with Crippen LogP contribution in [0.3, 0.4) is 0 Å². The number of rotatable bonds is 4. The van der Waals surface area contributed by atoms with Gasteiger partial charge in [-0.1, -0.05) is 19.8 Å². The normalized spacial score (nSPS) is 27.4. The first-order valence-electron chi connectivity index (χ1n) is 6.62. The second-order valence-corrected chi connectivity index (χ2v) is 7.27. The topological polar surface area (TPSA) is 79.3 Å². The molecular formula is C13H19FN2O3S. The van der Waals surface area contributed by atoms with Gasteiger partial charge in [-0.25, -0.2) is 17.5 Å². The Kier molecular flexibility index (Phi) is 4.41. The third-order valence-electron chi connectivity index (χ3n) is 3.74. The number of pyridine rings is 1.